The first-order valence-corrected chi connectivity index (χ1v) is 9.74. The molecule has 3 aromatic rings. The molecule has 8 heteroatoms. The fraction of sp³-hybridized carbons (Fsp3) is 0.273. The van der Waals surface area contributed by atoms with Crippen molar-refractivity contribution in [2.75, 3.05) is 31.6 Å². The zero-order valence-corrected chi connectivity index (χ0v) is 16.3. The highest BCUT2D eigenvalue weighted by molar-refractivity contribution is 5.95. The minimum Gasteiger partial charge on any atom is -0.379 e. The molecule has 1 aromatic heterocycles. The molecule has 6 nitrogen and oxygen atoms in total. The van der Waals surface area contributed by atoms with E-state index in [1.807, 2.05) is 4.90 Å². The lowest BCUT2D eigenvalue weighted by Gasteiger charge is -2.33. The molecular formula is C22H22F2N4O2. The summed E-state index contributed by atoms with van der Waals surface area (Å²) < 4.78 is 34.2. The standard InChI is InChI=1S/C22H22F2N4O2/c23-18-7-5-16(6-8-18)21(27-9-11-30-12-10-27)22(29)26-19-13-25-28(15-19)14-17-3-1-2-4-20(17)24/h1-8,13,15,21H,9-12,14H2,(H,26,29)/t21-/m1/s1. The minimum absolute atomic E-state index is 0.242. The van der Waals surface area contributed by atoms with Gasteiger partial charge in [-0.05, 0) is 23.8 Å². The smallest absolute Gasteiger partial charge is 0.246 e. The average molecular weight is 412 g/mol. The second kappa shape index (κ2) is 9.15. The largest absolute Gasteiger partial charge is 0.379 e. The quantitative estimate of drug-likeness (QED) is 0.676. The first-order chi connectivity index (χ1) is 14.6. The van der Waals surface area contributed by atoms with Crippen LogP contribution in [0, 0.1) is 11.6 Å². The van der Waals surface area contributed by atoms with Gasteiger partial charge in [0.2, 0.25) is 5.91 Å². The van der Waals surface area contributed by atoms with Crippen LogP contribution < -0.4 is 5.32 Å². The van der Waals surface area contributed by atoms with Gasteiger partial charge in [0.05, 0.1) is 31.6 Å². The highest BCUT2D eigenvalue weighted by Gasteiger charge is 2.29. The monoisotopic (exact) mass is 412 g/mol. The first kappa shape index (κ1) is 20.2. The number of carbonyl (C=O) groups is 1. The summed E-state index contributed by atoms with van der Waals surface area (Å²) in [7, 11) is 0. The van der Waals surface area contributed by atoms with Crippen molar-refractivity contribution in [2.45, 2.75) is 12.6 Å². The number of ether oxygens (including phenoxy) is 1. The summed E-state index contributed by atoms with van der Waals surface area (Å²) in [5.74, 6) is -0.898. The fourth-order valence-corrected chi connectivity index (χ4v) is 3.54. The zero-order valence-electron chi connectivity index (χ0n) is 16.3. The average Bonchev–Trinajstić information content (AvgIpc) is 3.19. The molecule has 4 rings (SSSR count). The van der Waals surface area contributed by atoms with Crippen LogP contribution >= 0.6 is 0 Å². The van der Waals surface area contributed by atoms with E-state index in [0.717, 1.165) is 0 Å². The Hall–Kier alpha value is -3.10. The predicted molar refractivity (Wildman–Crippen MR) is 108 cm³/mol. The summed E-state index contributed by atoms with van der Waals surface area (Å²) in [6.07, 6.45) is 3.19. The number of anilines is 1. The van der Waals surface area contributed by atoms with Crippen LogP contribution in [0.1, 0.15) is 17.2 Å². The van der Waals surface area contributed by atoms with E-state index in [9.17, 15) is 13.6 Å². The number of rotatable bonds is 6. The molecule has 0 saturated carbocycles. The van der Waals surface area contributed by atoms with Gasteiger partial charge in [0.15, 0.2) is 0 Å². The number of halogens is 2. The Morgan fingerprint density at radius 2 is 1.83 bits per heavy atom. The number of hydrogen-bond donors (Lipinski definition) is 1. The van der Waals surface area contributed by atoms with E-state index in [-0.39, 0.29) is 24.1 Å². The van der Waals surface area contributed by atoms with E-state index in [0.29, 0.717) is 43.1 Å². The Kier molecular flexibility index (Phi) is 6.15. The van der Waals surface area contributed by atoms with Gasteiger partial charge in [-0.3, -0.25) is 14.4 Å². The van der Waals surface area contributed by atoms with Crippen molar-refractivity contribution in [1.29, 1.82) is 0 Å². The van der Waals surface area contributed by atoms with Gasteiger partial charge in [-0.15, -0.1) is 0 Å². The number of carbonyl (C=O) groups excluding carboxylic acids is 1. The Morgan fingerprint density at radius 1 is 1.10 bits per heavy atom. The number of aromatic nitrogens is 2. The Labute approximate surface area is 173 Å². The van der Waals surface area contributed by atoms with E-state index >= 15 is 0 Å². The Balaban J connectivity index is 1.50. The lowest BCUT2D eigenvalue weighted by molar-refractivity contribution is -0.123. The molecule has 1 saturated heterocycles. The molecule has 2 heterocycles. The van der Waals surface area contributed by atoms with Crippen molar-refractivity contribution in [3.63, 3.8) is 0 Å². The maximum Gasteiger partial charge on any atom is 0.246 e. The number of morpholine rings is 1. The van der Waals surface area contributed by atoms with E-state index in [1.54, 1.807) is 41.2 Å². The Bertz CT molecular complexity index is 1000. The van der Waals surface area contributed by atoms with Gasteiger partial charge in [0.1, 0.15) is 17.7 Å². The molecular weight excluding hydrogens is 390 g/mol. The van der Waals surface area contributed by atoms with E-state index in [4.69, 9.17) is 4.74 Å². The fourth-order valence-electron chi connectivity index (χ4n) is 3.54. The van der Waals surface area contributed by atoms with Gasteiger partial charge < -0.3 is 10.1 Å². The van der Waals surface area contributed by atoms with Crippen LogP contribution in [0.5, 0.6) is 0 Å². The lowest BCUT2D eigenvalue weighted by Crippen LogP contribution is -2.43. The van der Waals surface area contributed by atoms with Gasteiger partial charge >= 0.3 is 0 Å². The molecule has 1 fully saturated rings. The van der Waals surface area contributed by atoms with Crippen molar-refractivity contribution in [3.8, 4) is 0 Å². The highest BCUT2D eigenvalue weighted by atomic mass is 19.1. The second-order valence-corrected chi connectivity index (χ2v) is 7.11. The molecule has 1 amide bonds. The van der Waals surface area contributed by atoms with E-state index in [1.165, 1.54) is 24.4 Å². The van der Waals surface area contributed by atoms with Crippen LogP contribution in [0.15, 0.2) is 60.9 Å². The Morgan fingerprint density at radius 3 is 2.57 bits per heavy atom. The minimum atomic E-state index is -0.579. The van der Waals surface area contributed by atoms with Crippen LogP contribution in [0.4, 0.5) is 14.5 Å². The van der Waals surface area contributed by atoms with Gasteiger partial charge in [0, 0.05) is 24.8 Å². The summed E-state index contributed by atoms with van der Waals surface area (Å²) in [6, 6.07) is 11.9. The normalized spacial score (nSPS) is 15.7. The van der Waals surface area contributed by atoms with Crippen molar-refractivity contribution >= 4 is 11.6 Å². The van der Waals surface area contributed by atoms with Gasteiger partial charge in [-0.25, -0.2) is 8.78 Å². The molecule has 0 spiro atoms. The molecule has 0 unspecified atom stereocenters. The maximum absolute atomic E-state index is 13.9. The lowest BCUT2D eigenvalue weighted by atomic mass is 10.0. The molecule has 1 N–H and O–H groups in total. The third-order valence-corrected chi connectivity index (χ3v) is 5.04. The third-order valence-electron chi connectivity index (χ3n) is 5.04. The van der Waals surface area contributed by atoms with Gasteiger partial charge in [-0.1, -0.05) is 30.3 Å². The van der Waals surface area contributed by atoms with Crippen LogP contribution in [-0.2, 0) is 16.1 Å². The molecule has 2 aromatic carbocycles. The van der Waals surface area contributed by atoms with Crippen molar-refractivity contribution in [1.82, 2.24) is 14.7 Å². The molecule has 30 heavy (non-hydrogen) atoms. The molecule has 1 aliphatic heterocycles. The summed E-state index contributed by atoms with van der Waals surface area (Å²) in [5, 5.41) is 7.09. The van der Waals surface area contributed by atoms with Crippen molar-refractivity contribution < 1.29 is 18.3 Å². The molecule has 0 bridgehead atoms. The predicted octanol–water partition coefficient (Wildman–Crippen LogP) is 3.22. The van der Waals surface area contributed by atoms with Crippen LogP contribution in [-0.4, -0.2) is 46.9 Å². The van der Waals surface area contributed by atoms with Crippen molar-refractivity contribution in [2.24, 2.45) is 0 Å². The summed E-state index contributed by atoms with van der Waals surface area (Å²) >= 11 is 0. The molecule has 1 atom stereocenters. The van der Waals surface area contributed by atoms with Crippen molar-refractivity contribution in [3.05, 3.63) is 83.7 Å². The third kappa shape index (κ3) is 4.72. The van der Waals surface area contributed by atoms with Crippen LogP contribution in [0.2, 0.25) is 0 Å². The van der Waals surface area contributed by atoms with Gasteiger partial charge in [-0.2, -0.15) is 5.10 Å². The molecule has 0 aliphatic carbocycles. The summed E-state index contributed by atoms with van der Waals surface area (Å²) in [6.45, 7) is 2.52. The topological polar surface area (TPSA) is 59.4 Å². The van der Waals surface area contributed by atoms with Crippen LogP contribution in [0.25, 0.3) is 0 Å². The highest BCUT2D eigenvalue weighted by Crippen LogP contribution is 2.24. The van der Waals surface area contributed by atoms with E-state index in [2.05, 4.69) is 10.4 Å². The van der Waals surface area contributed by atoms with Crippen LogP contribution in [0.3, 0.4) is 0 Å². The number of hydrogen-bond acceptors (Lipinski definition) is 4. The maximum atomic E-state index is 13.9. The SMILES string of the molecule is O=C(Nc1cnn(Cc2ccccc2F)c1)[C@@H](c1ccc(F)cc1)N1CCOCC1. The molecule has 1 aliphatic rings. The number of nitrogens with one attached hydrogen (secondary N) is 1. The van der Waals surface area contributed by atoms with Gasteiger partial charge in [0.25, 0.3) is 0 Å². The zero-order chi connectivity index (χ0) is 20.9. The first-order valence-electron chi connectivity index (χ1n) is 9.74. The molecule has 156 valence electrons. The summed E-state index contributed by atoms with van der Waals surface area (Å²) in [5.41, 5.74) is 1.72. The molecule has 0 radical (unpaired) electrons. The number of nitrogens with zero attached hydrogens (tertiary/aromatic N) is 3. The van der Waals surface area contributed by atoms with E-state index < -0.39 is 6.04 Å². The number of amides is 1. The summed E-state index contributed by atoms with van der Waals surface area (Å²) in [4.78, 5) is 15.1. The second-order valence-electron chi connectivity index (χ2n) is 7.11. The number of benzene rings is 2.